The summed E-state index contributed by atoms with van der Waals surface area (Å²) >= 11 is 6.09. The van der Waals surface area contributed by atoms with E-state index in [1.54, 1.807) is 6.07 Å². The summed E-state index contributed by atoms with van der Waals surface area (Å²) in [5.74, 6) is 0. The van der Waals surface area contributed by atoms with Gasteiger partial charge in [0.2, 0.25) is 0 Å². The van der Waals surface area contributed by atoms with E-state index in [0.29, 0.717) is 16.8 Å². The average Bonchev–Trinajstić information content (AvgIpc) is 2.61. The fourth-order valence-corrected chi connectivity index (χ4v) is 2.69. The van der Waals surface area contributed by atoms with Crippen LogP contribution in [0.1, 0.15) is 33.1 Å². The molecular formula is C13H17ClN2O2. The van der Waals surface area contributed by atoms with Gasteiger partial charge in [-0.1, -0.05) is 31.9 Å². The van der Waals surface area contributed by atoms with Crippen LogP contribution in [-0.2, 0) is 0 Å². The van der Waals surface area contributed by atoms with E-state index in [1.807, 2.05) is 0 Å². The van der Waals surface area contributed by atoms with Crippen molar-refractivity contribution in [1.29, 1.82) is 0 Å². The first-order chi connectivity index (χ1) is 8.40. The van der Waals surface area contributed by atoms with E-state index < -0.39 is 4.92 Å². The number of hydrogen-bond donors (Lipinski definition) is 1. The van der Waals surface area contributed by atoms with E-state index in [-0.39, 0.29) is 11.1 Å². The number of benzene rings is 1. The highest BCUT2D eigenvalue weighted by atomic mass is 35.5. The minimum atomic E-state index is -0.401. The molecule has 1 aromatic carbocycles. The molecule has 1 aliphatic carbocycles. The molecule has 5 heteroatoms. The second kappa shape index (κ2) is 4.76. The molecule has 1 N–H and O–H groups in total. The SMILES string of the molecule is CC1(C)CCCC1Nc1cc([N+](=O)[O-])ccc1Cl. The highest BCUT2D eigenvalue weighted by Gasteiger charge is 2.34. The number of non-ortho nitro benzene ring substituents is 1. The Labute approximate surface area is 111 Å². The standard InChI is InChI=1S/C13H17ClN2O2/c1-13(2)7-3-4-12(13)15-11-8-9(16(17)18)5-6-10(11)14/h5-6,8,12,15H,3-4,7H2,1-2H3. The highest BCUT2D eigenvalue weighted by Crippen LogP contribution is 2.40. The normalized spacial score (nSPS) is 21.8. The van der Waals surface area contributed by atoms with Crippen LogP contribution in [0.3, 0.4) is 0 Å². The maximum Gasteiger partial charge on any atom is 0.271 e. The molecule has 0 amide bonds. The quantitative estimate of drug-likeness (QED) is 0.659. The molecule has 18 heavy (non-hydrogen) atoms. The molecule has 0 heterocycles. The van der Waals surface area contributed by atoms with Crippen molar-refractivity contribution < 1.29 is 4.92 Å². The molecule has 1 aliphatic rings. The lowest BCUT2D eigenvalue weighted by molar-refractivity contribution is -0.384. The molecule has 4 nitrogen and oxygen atoms in total. The molecule has 1 saturated carbocycles. The number of nitrogens with zero attached hydrogens (tertiary/aromatic N) is 1. The molecule has 0 bridgehead atoms. The molecular weight excluding hydrogens is 252 g/mol. The molecule has 1 atom stereocenters. The van der Waals surface area contributed by atoms with Crippen LogP contribution in [0.4, 0.5) is 11.4 Å². The van der Waals surface area contributed by atoms with Crippen LogP contribution in [0.25, 0.3) is 0 Å². The van der Waals surface area contributed by atoms with Crippen LogP contribution < -0.4 is 5.32 Å². The van der Waals surface area contributed by atoms with Gasteiger partial charge in [0, 0.05) is 18.2 Å². The minimum absolute atomic E-state index is 0.0673. The third-order valence-electron chi connectivity index (χ3n) is 3.75. The summed E-state index contributed by atoms with van der Waals surface area (Å²) in [7, 11) is 0. The molecule has 0 aliphatic heterocycles. The Morgan fingerprint density at radius 2 is 2.22 bits per heavy atom. The van der Waals surface area contributed by atoms with Crippen molar-refractivity contribution in [3.63, 3.8) is 0 Å². The first-order valence-corrected chi connectivity index (χ1v) is 6.48. The fraction of sp³-hybridized carbons (Fsp3) is 0.538. The van der Waals surface area contributed by atoms with Crippen molar-refractivity contribution in [2.24, 2.45) is 5.41 Å². The van der Waals surface area contributed by atoms with Crippen LogP contribution in [-0.4, -0.2) is 11.0 Å². The lowest BCUT2D eigenvalue weighted by atomic mass is 9.87. The summed E-state index contributed by atoms with van der Waals surface area (Å²) in [6.45, 7) is 4.42. The van der Waals surface area contributed by atoms with Crippen molar-refractivity contribution >= 4 is 23.0 Å². The number of nitro benzene ring substituents is 1. The minimum Gasteiger partial charge on any atom is -0.380 e. The van der Waals surface area contributed by atoms with Gasteiger partial charge in [-0.15, -0.1) is 0 Å². The number of anilines is 1. The second-order valence-electron chi connectivity index (χ2n) is 5.50. The smallest absolute Gasteiger partial charge is 0.271 e. The van der Waals surface area contributed by atoms with Gasteiger partial charge >= 0.3 is 0 Å². The van der Waals surface area contributed by atoms with E-state index in [0.717, 1.165) is 12.8 Å². The maximum atomic E-state index is 10.8. The number of rotatable bonds is 3. The average molecular weight is 269 g/mol. The zero-order valence-electron chi connectivity index (χ0n) is 10.6. The molecule has 0 radical (unpaired) electrons. The van der Waals surface area contributed by atoms with E-state index >= 15 is 0 Å². The van der Waals surface area contributed by atoms with Crippen molar-refractivity contribution in [2.45, 2.75) is 39.2 Å². The number of nitro groups is 1. The van der Waals surface area contributed by atoms with Crippen molar-refractivity contribution in [3.8, 4) is 0 Å². The summed E-state index contributed by atoms with van der Waals surface area (Å²) in [5, 5.41) is 14.7. The molecule has 0 saturated heterocycles. The van der Waals surface area contributed by atoms with E-state index in [4.69, 9.17) is 11.6 Å². The van der Waals surface area contributed by atoms with Gasteiger partial charge in [0.05, 0.1) is 15.6 Å². The zero-order valence-corrected chi connectivity index (χ0v) is 11.3. The molecule has 0 spiro atoms. The van der Waals surface area contributed by atoms with Crippen LogP contribution in [0.5, 0.6) is 0 Å². The lowest BCUT2D eigenvalue weighted by Crippen LogP contribution is -2.30. The third kappa shape index (κ3) is 2.58. The topological polar surface area (TPSA) is 55.2 Å². The van der Waals surface area contributed by atoms with Crippen LogP contribution in [0.2, 0.25) is 5.02 Å². The number of nitrogens with one attached hydrogen (secondary N) is 1. The van der Waals surface area contributed by atoms with Gasteiger partial charge in [0.1, 0.15) is 0 Å². The monoisotopic (exact) mass is 268 g/mol. The maximum absolute atomic E-state index is 10.8. The summed E-state index contributed by atoms with van der Waals surface area (Å²) < 4.78 is 0. The molecule has 98 valence electrons. The molecule has 1 unspecified atom stereocenters. The summed E-state index contributed by atoms with van der Waals surface area (Å²) in [6, 6.07) is 4.82. The van der Waals surface area contributed by atoms with Gasteiger partial charge in [0.15, 0.2) is 0 Å². The summed E-state index contributed by atoms with van der Waals surface area (Å²) in [5.41, 5.74) is 0.928. The predicted molar refractivity (Wildman–Crippen MR) is 73.1 cm³/mol. The number of halogens is 1. The van der Waals surface area contributed by atoms with Gasteiger partial charge in [-0.05, 0) is 24.3 Å². The van der Waals surface area contributed by atoms with E-state index in [1.165, 1.54) is 18.6 Å². The molecule has 0 aromatic heterocycles. The number of hydrogen-bond acceptors (Lipinski definition) is 3. The lowest BCUT2D eigenvalue weighted by Gasteiger charge is -2.29. The Balaban J connectivity index is 2.23. The molecule has 1 fully saturated rings. The van der Waals surface area contributed by atoms with E-state index in [2.05, 4.69) is 19.2 Å². The van der Waals surface area contributed by atoms with Crippen molar-refractivity contribution in [1.82, 2.24) is 0 Å². The first kappa shape index (κ1) is 13.1. The largest absolute Gasteiger partial charge is 0.380 e. The molecule has 1 aromatic rings. The Kier molecular flexibility index (Phi) is 3.48. The Bertz CT molecular complexity index is 474. The van der Waals surface area contributed by atoms with Gasteiger partial charge in [-0.2, -0.15) is 0 Å². The Morgan fingerprint density at radius 1 is 1.50 bits per heavy atom. The van der Waals surface area contributed by atoms with Gasteiger partial charge < -0.3 is 5.32 Å². The zero-order chi connectivity index (χ0) is 13.3. The predicted octanol–water partition coefficient (Wildman–Crippen LogP) is 4.24. The summed E-state index contributed by atoms with van der Waals surface area (Å²) in [4.78, 5) is 10.4. The summed E-state index contributed by atoms with van der Waals surface area (Å²) in [6.07, 6.45) is 3.42. The van der Waals surface area contributed by atoms with Gasteiger partial charge in [-0.25, -0.2) is 0 Å². The van der Waals surface area contributed by atoms with Crippen LogP contribution in [0, 0.1) is 15.5 Å². The first-order valence-electron chi connectivity index (χ1n) is 6.10. The van der Waals surface area contributed by atoms with Crippen LogP contribution in [0.15, 0.2) is 18.2 Å². The fourth-order valence-electron chi connectivity index (χ4n) is 2.52. The van der Waals surface area contributed by atoms with Crippen molar-refractivity contribution in [2.75, 3.05) is 5.32 Å². The second-order valence-corrected chi connectivity index (χ2v) is 5.91. The Morgan fingerprint density at radius 3 is 2.78 bits per heavy atom. The van der Waals surface area contributed by atoms with E-state index in [9.17, 15) is 10.1 Å². The highest BCUT2D eigenvalue weighted by molar-refractivity contribution is 6.33. The van der Waals surface area contributed by atoms with Gasteiger partial charge in [-0.3, -0.25) is 10.1 Å². The molecule has 2 rings (SSSR count). The third-order valence-corrected chi connectivity index (χ3v) is 4.08. The van der Waals surface area contributed by atoms with Gasteiger partial charge in [0.25, 0.3) is 5.69 Å². The van der Waals surface area contributed by atoms with Crippen molar-refractivity contribution in [3.05, 3.63) is 33.3 Å². The Hall–Kier alpha value is -1.29. The van der Waals surface area contributed by atoms with Crippen LogP contribution >= 0.6 is 11.6 Å².